The van der Waals surface area contributed by atoms with E-state index in [0.717, 1.165) is 54.0 Å². The molecule has 0 bridgehead atoms. The van der Waals surface area contributed by atoms with Gasteiger partial charge < -0.3 is 25.3 Å². The van der Waals surface area contributed by atoms with Crippen LogP contribution in [0.4, 0.5) is 11.6 Å². The maximum absolute atomic E-state index is 13.4. The molecule has 4 rings (SSSR count). The molecular weight excluding hydrogens is 430 g/mol. The minimum absolute atomic E-state index is 0.0210. The summed E-state index contributed by atoms with van der Waals surface area (Å²) in [5.41, 5.74) is 4.87. The highest BCUT2D eigenvalue weighted by Crippen LogP contribution is 2.36. The number of anilines is 2. The highest BCUT2D eigenvalue weighted by atomic mass is 16.3. The van der Waals surface area contributed by atoms with Crippen LogP contribution in [-0.4, -0.2) is 64.2 Å². The van der Waals surface area contributed by atoms with E-state index in [1.54, 1.807) is 4.90 Å². The Morgan fingerprint density at radius 2 is 2.00 bits per heavy atom. The molecule has 0 aliphatic carbocycles. The number of aromatic nitrogens is 2. The molecule has 1 atom stereocenters. The summed E-state index contributed by atoms with van der Waals surface area (Å²) >= 11 is 0. The summed E-state index contributed by atoms with van der Waals surface area (Å²) in [6.45, 7) is 5.62. The van der Waals surface area contributed by atoms with Crippen LogP contribution in [0.25, 0.3) is 11.3 Å². The van der Waals surface area contributed by atoms with Gasteiger partial charge in [0.1, 0.15) is 11.5 Å². The fraction of sp³-hybridized carbons (Fsp3) is 0.346. The van der Waals surface area contributed by atoms with Crippen molar-refractivity contribution in [3.63, 3.8) is 0 Å². The molecule has 0 radical (unpaired) electrons. The zero-order valence-electron chi connectivity index (χ0n) is 20.0. The van der Waals surface area contributed by atoms with E-state index in [1.165, 1.54) is 18.2 Å². The highest BCUT2D eigenvalue weighted by molar-refractivity contribution is 6.09. The van der Waals surface area contributed by atoms with E-state index >= 15 is 0 Å². The van der Waals surface area contributed by atoms with Gasteiger partial charge in [0.2, 0.25) is 5.95 Å². The quantitative estimate of drug-likeness (QED) is 0.513. The van der Waals surface area contributed by atoms with E-state index in [1.807, 2.05) is 46.3 Å². The van der Waals surface area contributed by atoms with Gasteiger partial charge in [0.15, 0.2) is 0 Å². The largest absolute Gasteiger partial charge is 0.508 e. The lowest BCUT2D eigenvalue weighted by Gasteiger charge is -2.35. The third kappa shape index (κ3) is 4.82. The Balaban J connectivity index is 1.65. The van der Waals surface area contributed by atoms with E-state index in [9.17, 15) is 15.0 Å². The highest BCUT2D eigenvalue weighted by Gasteiger charge is 2.30. The van der Waals surface area contributed by atoms with Crippen molar-refractivity contribution in [2.75, 3.05) is 37.4 Å². The molecule has 0 unspecified atom stereocenters. The van der Waals surface area contributed by atoms with Crippen molar-refractivity contribution >= 4 is 17.5 Å². The number of aromatic hydroxyl groups is 2. The minimum Gasteiger partial charge on any atom is -0.508 e. The molecule has 3 N–H and O–H groups in total. The van der Waals surface area contributed by atoms with Crippen LogP contribution in [0.1, 0.15) is 34.8 Å². The number of amides is 1. The minimum atomic E-state index is -0.288. The summed E-state index contributed by atoms with van der Waals surface area (Å²) in [7, 11) is 4.04. The van der Waals surface area contributed by atoms with Crippen molar-refractivity contribution in [2.24, 2.45) is 0 Å². The Morgan fingerprint density at radius 3 is 2.74 bits per heavy atom. The van der Waals surface area contributed by atoms with E-state index in [-0.39, 0.29) is 29.0 Å². The lowest BCUT2D eigenvalue weighted by Crippen LogP contribution is -2.42. The van der Waals surface area contributed by atoms with Crippen LogP contribution in [0.5, 0.6) is 11.5 Å². The molecular formula is C26H31N5O3. The van der Waals surface area contributed by atoms with Crippen LogP contribution < -0.4 is 10.2 Å². The molecule has 34 heavy (non-hydrogen) atoms. The second-order valence-electron chi connectivity index (χ2n) is 9.06. The van der Waals surface area contributed by atoms with Crippen LogP contribution >= 0.6 is 0 Å². The Labute approximate surface area is 199 Å². The third-order valence-corrected chi connectivity index (χ3v) is 6.13. The Morgan fingerprint density at radius 1 is 1.21 bits per heavy atom. The fourth-order valence-corrected chi connectivity index (χ4v) is 4.25. The number of hydrogen-bond acceptors (Lipinski definition) is 7. The standard InChI is InChI=1S/C26H31N5O3/c1-16-15-28-26(27-11-12-30(3)4)29-24(16)19-7-10-22-18(13-19)6-5-17(2)31(22)25(34)21-9-8-20(32)14-23(21)33/h7-10,13-15,17,32-33H,5-6,11-12H2,1-4H3,(H,27,28,29)/t17-/m0/s1. The van der Waals surface area contributed by atoms with Crippen molar-refractivity contribution in [1.29, 1.82) is 0 Å². The van der Waals surface area contributed by atoms with Crippen molar-refractivity contribution in [1.82, 2.24) is 14.9 Å². The zero-order valence-corrected chi connectivity index (χ0v) is 20.0. The van der Waals surface area contributed by atoms with Crippen LogP contribution in [0.2, 0.25) is 0 Å². The Bertz CT molecular complexity index is 1210. The number of phenols is 2. The number of rotatable bonds is 6. The Hall–Kier alpha value is -3.65. The molecule has 178 valence electrons. The zero-order chi connectivity index (χ0) is 24.4. The topological polar surface area (TPSA) is 102 Å². The second-order valence-corrected chi connectivity index (χ2v) is 9.06. The first kappa shape index (κ1) is 23.5. The molecule has 2 heterocycles. The number of likely N-dealkylation sites (N-methyl/N-ethyl adjacent to an activating group) is 1. The van der Waals surface area contributed by atoms with Gasteiger partial charge in [-0.25, -0.2) is 9.97 Å². The number of phenolic OH excluding ortho intramolecular Hbond substituents is 2. The summed E-state index contributed by atoms with van der Waals surface area (Å²) in [5, 5.41) is 23.1. The molecule has 1 aliphatic rings. The number of aryl methyl sites for hydroxylation is 2. The average Bonchev–Trinajstić information content (AvgIpc) is 2.79. The molecule has 8 heteroatoms. The molecule has 8 nitrogen and oxygen atoms in total. The molecule has 0 saturated heterocycles. The molecule has 1 aliphatic heterocycles. The number of benzene rings is 2. The van der Waals surface area contributed by atoms with Crippen molar-refractivity contribution < 1.29 is 15.0 Å². The number of fused-ring (bicyclic) bond motifs is 1. The molecule has 0 saturated carbocycles. The molecule has 1 amide bonds. The molecule has 2 aromatic carbocycles. The molecule has 3 aromatic rings. The predicted octanol–water partition coefficient (Wildman–Crippen LogP) is 3.82. The fourth-order valence-electron chi connectivity index (χ4n) is 4.25. The first-order chi connectivity index (χ1) is 16.2. The lowest BCUT2D eigenvalue weighted by molar-refractivity contribution is 0.0972. The maximum Gasteiger partial charge on any atom is 0.262 e. The van der Waals surface area contributed by atoms with E-state index in [4.69, 9.17) is 4.98 Å². The predicted molar refractivity (Wildman–Crippen MR) is 134 cm³/mol. The summed E-state index contributed by atoms with van der Waals surface area (Å²) < 4.78 is 0. The van der Waals surface area contributed by atoms with Crippen LogP contribution in [0.15, 0.2) is 42.6 Å². The first-order valence-corrected chi connectivity index (χ1v) is 11.5. The van der Waals surface area contributed by atoms with Gasteiger partial charge in [-0.05, 0) is 76.2 Å². The monoisotopic (exact) mass is 461 g/mol. The van der Waals surface area contributed by atoms with Gasteiger partial charge in [-0.15, -0.1) is 0 Å². The van der Waals surface area contributed by atoms with Gasteiger partial charge in [-0.2, -0.15) is 0 Å². The van der Waals surface area contributed by atoms with Crippen molar-refractivity contribution in [3.05, 3.63) is 59.3 Å². The van der Waals surface area contributed by atoms with Gasteiger partial charge >= 0.3 is 0 Å². The summed E-state index contributed by atoms with van der Waals surface area (Å²) in [4.78, 5) is 26.3. The number of nitrogens with one attached hydrogen (secondary N) is 1. The number of carbonyl (C=O) groups is 1. The summed E-state index contributed by atoms with van der Waals surface area (Å²) in [5.74, 6) is -0.00822. The number of carbonyl (C=O) groups excluding carboxylic acids is 1. The van der Waals surface area contributed by atoms with Crippen LogP contribution in [0.3, 0.4) is 0 Å². The van der Waals surface area contributed by atoms with E-state index in [0.29, 0.717) is 5.95 Å². The maximum atomic E-state index is 13.4. The van der Waals surface area contributed by atoms with Gasteiger partial charge in [0.05, 0.1) is 11.3 Å². The third-order valence-electron chi connectivity index (χ3n) is 6.13. The van der Waals surface area contributed by atoms with Gasteiger partial charge in [0.25, 0.3) is 5.91 Å². The SMILES string of the molecule is Cc1cnc(NCCN(C)C)nc1-c1ccc2c(c1)CC[C@H](C)N2C(=O)c1ccc(O)cc1O. The van der Waals surface area contributed by atoms with Crippen LogP contribution in [-0.2, 0) is 6.42 Å². The summed E-state index contributed by atoms with van der Waals surface area (Å²) in [6.07, 6.45) is 3.47. The molecule has 0 spiro atoms. The number of nitrogens with zero attached hydrogens (tertiary/aromatic N) is 4. The summed E-state index contributed by atoms with van der Waals surface area (Å²) in [6, 6.07) is 10.1. The normalized spacial score (nSPS) is 15.3. The smallest absolute Gasteiger partial charge is 0.262 e. The molecule has 1 aromatic heterocycles. The van der Waals surface area contributed by atoms with Gasteiger partial charge in [0, 0.05) is 42.6 Å². The van der Waals surface area contributed by atoms with E-state index in [2.05, 4.69) is 21.3 Å². The Kier molecular flexibility index (Phi) is 6.70. The number of hydrogen-bond donors (Lipinski definition) is 3. The average molecular weight is 462 g/mol. The lowest BCUT2D eigenvalue weighted by atomic mass is 9.93. The molecule has 0 fully saturated rings. The first-order valence-electron chi connectivity index (χ1n) is 11.5. The van der Waals surface area contributed by atoms with Gasteiger partial charge in [-0.3, -0.25) is 4.79 Å². The van der Waals surface area contributed by atoms with Gasteiger partial charge in [-0.1, -0.05) is 6.07 Å². The van der Waals surface area contributed by atoms with Crippen molar-refractivity contribution in [2.45, 2.75) is 32.7 Å². The second kappa shape index (κ2) is 9.69. The van der Waals surface area contributed by atoms with E-state index < -0.39 is 0 Å². The van der Waals surface area contributed by atoms with Crippen molar-refractivity contribution in [3.8, 4) is 22.8 Å². The van der Waals surface area contributed by atoms with Crippen LogP contribution in [0, 0.1) is 6.92 Å².